The number of aromatic nitrogens is 3. The molecule has 0 radical (unpaired) electrons. The minimum atomic E-state index is -3.30. The molecule has 0 aliphatic rings. The third-order valence-electron chi connectivity index (χ3n) is 3.83. The molecule has 2 aromatic heterocycles. The lowest BCUT2D eigenvalue weighted by atomic mass is 10.1. The molecule has 6 nitrogen and oxygen atoms in total. The molecule has 3 aromatic rings. The monoisotopic (exact) mass is 344 g/mol. The zero-order chi connectivity index (χ0) is 17.7. The number of rotatable bonds is 2. The molecule has 0 fully saturated rings. The Morgan fingerprint density at radius 1 is 1.08 bits per heavy atom. The van der Waals surface area contributed by atoms with Crippen molar-refractivity contribution in [1.29, 1.82) is 0 Å². The Labute approximate surface area is 141 Å². The van der Waals surface area contributed by atoms with E-state index < -0.39 is 9.84 Å². The lowest BCUT2D eigenvalue weighted by molar-refractivity contribution is 0.414. The van der Waals surface area contributed by atoms with Gasteiger partial charge in [-0.3, -0.25) is 4.98 Å². The van der Waals surface area contributed by atoms with Crippen LogP contribution in [0.15, 0.2) is 41.6 Å². The van der Waals surface area contributed by atoms with Crippen LogP contribution in [0.2, 0.25) is 0 Å². The van der Waals surface area contributed by atoms with Crippen LogP contribution < -0.4 is 5.73 Å². The van der Waals surface area contributed by atoms with Gasteiger partial charge >= 0.3 is 0 Å². The molecule has 0 atom stereocenters. The van der Waals surface area contributed by atoms with Gasteiger partial charge in [-0.25, -0.2) is 13.4 Å². The number of nitrogens with two attached hydrogens (primary N) is 1. The van der Waals surface area contributed by atoms with Crippen molar-refractivity contribution in [3.63, 3.8) is 0 Å². The second-order valence-corrected chi connectivity index (χ2v) is 8.88. The van der Waals surface area contributed by atoms with Gasteiger partial charge in [0, 0.05) is 29.8 Å². The number of nitrogens with zero attached hydrogens (tertiary/aromatic N) is 3. The fraction of sp³-hybridized carbons (Fsp3) is 0.294. The molecule has 2 N–H and O–H groups in total. The quantitative estimate of drug-likeness (QED) is 0.772. The molecule has 0 aliphatic heterocycles. The van der Waals surface area contributed by atoms with Crippen LogP contribution in [-0.4, -0.2) is 29.2 Å². The fourth-order valence-corrected chi connectivity index (χ4v) is 3.35. The maximum Gasteiger partial charge on any atom is 0.201 e. The van der Waals surface area contributed by atoms with Gasteiger partial charge in [-0.05, 0) is 44.5 Å². The van der Waals surface area contributed by atoms with Gasteiger partial charge in [-0.1, -0.05) is 6.07 Å². The number of benzene rings is 1. The van der Waals surface area contributed by atoms with Crippen molar-refractivity contribution in [1.82, 2.24) is 14.5 Å². The van der Waals surface area contributed by atoms with Crippen molar-refractivity contribution in [3.8, 4) is 11.1 Å². The summed E-state index contributed by atoms with van der Waals surface area (Å²) >= 11 is 0. The van der Waals surface area contributed by atoms with Gasteiger partial charge in [0.2, 0.25) is 5.95 Å². The third-order valence-corrected chi connectivity index (χ3v) is 4.91. The summed E-state index contributed by atoms with van der Waals surface area (Å²) in [6.07, 6.45) is 4.18. The minimum Gasteiger partial charge on any atom is -0.369 e. The van der Waals surface area contributed by atoms with E-state index in [2.05, 4.69) is 30.7 Å². The summed E-state index contributed by atoms with van der Waals surface area (Å²) in [6.45, 7) is 6.18. The van der Waals surface area contributed by atoms with E-state index in [1.165, 1.54) is 12.5 Å². The molecule has 0 unspecified atom stereocenters. The summed E-state index contributed by atoms with van der Waals surface area (Å²) in [5.41, 5.74) is 9.16. The van der Waals surface area contributed by atoms with Gasteiger partial charge in [-0.15, -0.1) is 0 Å². The molecule has 2 heterocycles. The Kier molecular flexibility index (Phi) is 3.64. The largest absolute Gasteiger partial charge is 0.369 e. The number of nitrogen functional groups attached to an aromatic ring is 1. The number of hydrogen-bond acceptors (Lipinski definition) is 5. The van der Waals surface area contributed by atoms with Crippen LogP contribution in [0, 0.1) is 0 Å². The van der Waals surface area contributed by atoms with Gasteiger partial charge < -0.3 is 10.3 Å². The number of pyridine rings is 1. The number of sulfone groups is 1. The van der Waals surface area contributed by atoms with Crippen LogP contribution in [0.4, 0.5) is 5.95 Å². The Morgan fingerprint density at radius 3 is 2.42 bits per heavy atom. The average Bonchev–Trinajstić information content (AvgIpc) is 2.81. The molecule has 7 heteroatoms. The average molecular weight is 344 g/mol. The van der Waals surface area contributed by atoms with Crippen molar-refractivity contribution in [2.75, 3.05) is 12.0 Å². The van der Waals surface area contributed by atoms with Gasteiger partial charge in [0.1, 0.15) is 0 Å². The van der Waals surface area contributed by atoms with E-state index in [9.17, 15) is 8.42 Å². The highest BCUT2D eigenvalue weighted by Crippen LogP contribution is 2.30. The van der Waals surface area contributed by atoms with E-state index in [-0.39, 0.29) is 10.4 Å². The highest BCUT2D eigenvalue weighted by Gasteiger charge is 2.20. The third kappa shape index (κ3) is 2.87. The van der Waals surface area contributed by atoms with Crippen LogP contribution in [0.5, 0.6) is 0 Å². The molecule has 0 saturated carbocycles. The van der Waals surface area contributed by atoms with E-state index >= 15 is 0 Å². The lowest BCUT2D eigenvalue weighted by Crippen LogP contribution is -2.23. The Hall–Kier alpha value is -2.41. The Morgan fingerprint density at radius 2 is 1.79 bits per heavy atom. The molecule has 0 saturated heterocycles. The molecule has 3 rings (SSSR count). The number of anilines is 1. The van der Waals surface area contributed by atoms with E-state index in [1.807, 2.05) is 22.8 Å². The summed E-state index contributed by atoms with van der Waals surface area (Å²) in [6, 6.07) is 7.37. The second-order valence-electron chi connectivity index (χ2n) is 6.86. The maximum atomic E-state index is 11.7. The first-order valence-electron chi connectivity index (χ1n) is 7.51. The Balaban J connectivity index is 2.22. The summed E-state index contributed by atoms with van der Waals surface area (Å²) < 4.78 is 25.5. The van der Waals surface area contributed by atoms with Crippen molar-refractivity contribution in [3.05, 3.63) is 36.7 Å². The van der Waals surface area contributed by atoms with E-state index in [4.69, 9.17) is 5.73 Å². The van der Waals surface area contributed by atoms with Crippen molar-refractivity contribution >= 4 is 26.8 Å². The molecule has 0 aliphatic carbocycles. The molecule has 0 amide bonds. The van der Waals surface area contributed by atoms with Crippen molar-refractivity contribution in [2.24, 2.45) is 0 Å². The molecule has 126 valence electrons. The predicted octanol–water partition coefficient (Wildman–Crippen LogP) is 2.84. The summed E-state index contributed by atoms with van der Waals surface area (Å²) in [5, 5.41) is 0. The molecular weight excluding hydrogens is 324 g/mol. The number of hydrogen-bond donors (Lipinski definition) is 1. The summed E-state index contributed by atoms with van der Waals surface area (Å²) in [7, 11) is -3.30. The molecule has 24 heavy (non-hydrogen) atoms. The van der Waals surface area contributed by atoms with Gasteiger partial charge in [0.05, 0.1) is 15.9 Å². The Bertz CT molecular complexity index is 1030. The van der Waals surface area contributed by atoms with Crippen molar-refractivity contribution < 1.29 is 8.42 Å². The topological polar surface area (TPSA) is 90.9 Å². The molecule has 0 bridgehead atoms. The standard InChI is InChI=1S/C17H20N4O2S/c1-17(2,3)21-15-8-11(5-6-14(15)20-16(21)18)12-7-13(10-19-9-12)24(4,22)23/h5-10H,1-4H3,(H2,18,20). The van der Waals surface area contributed by atoms with E-state index in [1.54, 1.807) is 12.3 Å². The molecular formula is C17H20N4O2S. The highest BCUT2D eigenvalue weighted by atomic mass is 32.2. The van der Waals surface area contributed by atoms with Crippen molar-refractivity contribution in [2.45, 2.75) is 31.2 Å². The van der Waals surface area contributed by atoms with Crippen LogP contribution >= 0.6 is 0 Å². The normalized spacial score (nSPS) is 12.7. The SMILES string of the molecule is CC(C)(C)n1c(N)nc2ccc(-c3cncc(S(C)(=O)=O)c3)cc21. The van der Waals surface area contributed by atoms with Crippen LogP contribution in [0.25, 0.3) is 22.2 Å². The van der Waals surface area contributed by atoms with Gasteiger partial charge in [-0.2, -0.15) is 0 Å². The second kappa shape index (κ2) is 5.31. The molecule has 1 aromatic carbocycles. The lowest BCUT2D eigenvalue weighted by Gasteiger charge is -2.23. The fourth-order valence-electron chi connectivity index (χ4n) is 2.76. The maximum absolute atomic E-state index is 11.7. The van der Waals surface area contributed by atoms with Crippen LogP contribution in [0.1, 0.15) is 20.8 Å². The zero-order valence-electron chi connectivity index (χ0n) is 14.1. The van der Waals surface area contributed by atoms with Gasteiger partial charge in [0.25, 0.3) is 0 Å². The van der Waals surface area contributed by atoms with Crippen LogP contribution in [0.3, 0.4) is 0 Å². The number of imidazole rings is 1. The van der Waals surface area contributed by atoms with Gasteiger partial charge in [0.15, 0.2) is 9.84 Å². The summed E-state index contributed by atoms with van der Waals surface area (Å²) in [4.78, 5) is 8.66. The smallest absolute Gasteiger partial charge is 0.201 e. The highest BCUT2D eigenvalue weighted by molar-refractivity contribution is 7.90. The van der Waals surface area contributed by atoms with Crippen LogP contribution in [-0.2, 0) is 15.4 Å². The minimum absolute atomic E-state index is 0.198. The zero-order valence-corrected chi connectivity index (χ0v) is 14.9. The molecule has 0 spiro atoms. The van der Waals surface area contributed by atoms with E-state index in [0.29, 0.717) is 5.95 Å². The number of fused-ring (bicyclic) bond motifs is 1. The summed E-state index contributed by atoms with van der Waals surface area (Å²) in [5.74, 6) is 0.456. The first kappa shape index (κ1) is 16.4. The first-order valence-corrected chi connectivity index (χ1v) is 9.40. The van der Waals surface area contributed by atoms with E-state index in [0.717, 1.165) is 22.2 Å². The first-order chi connectivity index (χ1) is 11.1. The predicted molar refractivity (Wildman–Crippen MR) is 95.5 cm³/mol.